The summed E-state index contributed by atoms with van der Waals surface area (Å²) >= 11 is 0. The van der Waals surface area contributed by atoms with Gasteiger partial charge in [-0.05, 0) is 78.9 Å². The van der Waals surface area contributed by atoms with Gasteiger partial charge in [-0.1, -0.05) is 77.3 Å². The number of benzene rings is 2. The van der Waals surface area contributed by atoms with E-state index in [2.05, 4.69) is 83.4 Å². The van der Waals surface area contributed by atoms with Crippen LogP contribution < -0.4 is 10.1 Å². The molecule has 0 spiro atoms. The van der Waals surface area contributed by atoms with E-state index in [9.17, 15) is 0 Å². The zero-order valence-corrected chi connectivity index (χ0v) is 19.5. The van der Waals surface area contributed by atoms with Crippen molar-refractivity contribution in [1.82, 2.24) is 0 Å². The molecule has 2 nitrogen and oxygen atoms in total. The second-order valence-electron chi connectivity index (χ2n) is 8.03. The van der Waals surface area contributed by atoms with Crippen LogP contribution in [0.2, 0.25) is 0 Å². The molecule has 0 atom stereocenters. The summed E-state index contributed by atoms with van der Waals surface area (Å²) in [7, 11) is 0. The van der Waals surface area contributed by atoms with Crippen molar-refractivity contribution in [1.29, 1.82) is 0 Å². The van der Waals surface area contributed by atoms with E-state index >= 15 is 0 Å². The summed E-state index contributed by atoms with van der Waals surface area (Å²) in [5, 5.41) is 3.12. The van der Waals surface area contributed by atoms with Gasteiger partial charge in [0.25, 0.3) is 0 Å². The molecule has 0 heterocycles. The largest absolute Gasteiger partial charge is 0.457 e. The van der Waals surface area contributed by atoms with Gasteiger partial charge in [-0.15, -0.1) is 0 Å². The number of aryl methyl sites for hydroxylation is 2. The molecule has 160 valence electrons. The minimum Gasteiger partial charge on any atom is -0.457 e. The van der Waals surface area contributed by atoms with E-state index in [1.165, 1.54) is 16.7 Å². The summed E-state index contributed by atoms with van der Waals surface area (Å²) in [5.41, 5.74) is 5.29. The van der Waals surface area contributed by atoms with Crippen LogP contribution in [0.4, 0.5) is 5.69 Å². The van der Waals surface area contributed by atoms with Crippen molar-refractivity contribution in [2.75, 3.05) is 5.32 Å². The van der Waals surface area contributed by atoms with Crippen molar-refractivity contribution in [2.24, 2.45) is 0 Å². The Morgan fingerprint density at radius 2 is 1.73 bits per heavy atom. The van der Waals surface area contributed by atoms with Gasteiger partial charge in [-0.2, -0.15) is 0 Å². The van der Waals surface area contributed by atoms with Gasteiger partial charge in [0.05, 0.1) is 0 Å². The van der Waals surface area contributed by atoms with E-state index in [-0.39, 0.29) is 5.41 Å². The third-order valence-corrected chi connectivity index (χ3v) is 4.53. The van der Waals surface area contributed by atoms with E-state index in [1.54, 1.807) is 12.3 Å². The van der Waals surface area contributed by atoms with E-state index in [0.717, 1.165) is 23.6 Å². The Balaban J connectivity index is 0.000000303. The summed E-state index contributed by atoms with van der Waals surface area (Å²) in [6.45, 7) is 20.2. The second-order valence-corrected chi connectivity index (χ2v) is 8.03. The highest BCUT2D eigenvalue weighted by molar-refractivity contribution is 5.54. The lowest BCUT2D eigenvalue weighted by Gasteiger charge is -2.20. The van der Waals surface area contributed by atoms with Gasteiger partial charge in [-0.25, -0.2) is 0 Å². The number of hydrogen-bond donors (Lipinski definition) is 1. The van der Waals surface area contributed by atoms with Crippen LogP contribution in [0.5, 0.6) is 5.75 Å². The van der Waals surface area contributed by atoms with E-state index in [1.807, 2.05) is 37.3 Å². The van der Waals surface area contributed by atoms with E-state index in [0.29, 0.717) is 0 Å². The van der Waals surface area contributed by atoms with Crippen LogP contribution in [0, 0.1) is 6.92 Å². The Bertz CT molecular complexity index is 865. The number of ether oxygens (including phenoxy) is 1. The minimum atomic E-state index is 0.220. The molecule has 30 heavy (non-hydrogen) atoms. The smallest absolute Gasteiger partial charge is 0.127 e. The average Bonchev–Trinajstić information content (AvgIpc) is 2.70. The van der Waals surface area contributed by atoms with E-state index < -0.39 is 0 Å². The van der Waals surface area contributed by atoms with Crippen molar-refractivity contribution in [2.45, 2.75) is 53.4 Å². The van der Waals surface area contributed by atoms with Gasteiger partial charge in [0, 0.05) is 5.69 Å². The van der Waals surface area contributed by atoms with Gasteiger partial charge in [0.1, 0.15) is 11.5 Å². The molecule has 0 unspecified atom stereocenters. The maximum absolute atomic E-state index is 5.70. The first-order valence-electron chi connectivity index (χ1n) is 10.5. The maximum atomic E-state index is 5.70. The van der Waals surface area contributed by atoms with Gasteiger partial charge in [0.15, 0.2) is 0 Å². The highest BCUT2D eigenvalue weighted by Gasteiger charge is 2.13. The number of nitrogens with one attached hydrogen (secondary N) is 1. The van der Waals surface area contributed by atoms with Crippen molar-refractivity contribution >= 4 is 5.69 Å². The molecule has 0 aliphatic carbocycles. The quantitative estimate of drug-likeness (QED) is 0.372. The molecule has 0 saturated heterocycles. The summed E-state index contributed by atoms with van der Waals surface area (Å²) in [6, 6.07) is 14.6. The lowest BCUT2D eigenvalue weighted by molar-refractivity contribution is 0.444. The molecule has 0 aliphatic rings. The molecule has 2 rings (SSSR count). The lowest BCUT2D eigenvalue weighted by atomic mass is 9.86. The highest BCUT2D eigenvalue weighted by Crippen LogP contribution is 2.26. The van der Waals surface area contributed by atoms with Gasteiger partial charge < -0.3 is 10.1 Å². The zero-order valence-electron chi connectivity index (χ0n) is 19.5. The summed E-state index contributed by atoms with van der Waals surface area (Å²) in [5.74, 6) is 1.64. The predicted octanol–water partition coefficient (Wildman–Crippen LogP) is 8.12. The molecule has 2 aromatic carbocycles. The van der Waals surface area contributed by atoms with Crippen LogP contribution in [0.15, 0.2) is 91.9 Å². The van der Waals surface area contributed by atoms with Crippen LogP contribution in [-0.2, 0) is 11.8 Å². The van der Waals surface area contributed by atoms with Crippen LogP contribution in [-0.4, -0.2) is 0 Å². The normalized spacial score (nSPS) is 11.5. The topological polar surface area (TPSA) is 21.3 Å². The Morgan fingerprint density at radius 3 is 2.20 bits per heavy atom. The number of allylic oxidation sites excluding steroid dienone is 4. The van der Waals surface area contributed by atoms with Crippen molar-refractivity contribution in [3.05, 3.63) is 109 Å². The lowest BCUT2D eigenvalue weighted by Crippen LogP contribution is -2.11. The maximum Gasteiger partial charge on any atom is 0.127 e. The Kier molecular flexibility index (Phi) is 10.5. The molecule has 2 heteroatoms. The predicted molar refractivity (Wildman–Crippen MR) is 133 cm³/mol. The van der Waals surface area contributed by atoms with Crippen LogP contribution in [0.1, 0.15) is 51.3 Å². The second kappa shape index (κ2) is 12.5. The summed E-state index contributed by atoms with van der Waals surface area (Å²) in [4.78, 5) is 0. The SMILES string of the molecule is C=C/C=C(\C=C/C)Oc1ccc(CC)cc1.C=CNc1ccc(C(C)(C)C)cc1C. The molecule has 0 radical (unpaired) electrons. The molecular weight excluding hydrogens is 366 g/mol. The molecular formula is C28H37NO. The molecule has 0 bridgehead atoms. The number of anilines is 1. The molecule has 0 amide bonds. The van der Waals surface area contributed by atoms with E-state index in [4.69, 9.17) is 4.74 Å². The van der Waals surface area contributed by atoms with Gasteiger partial charge in [-0.3, -0.25) is 0 Å². The minimum absolute atomic E-state index is 0.220. The Hall–Kier alpha value is -3.00. The van der Waals surface area contributed by atoms with Crippen LogP contribution >= 0.6 is 0 Å². The first-order chi connectivity index (χ1) is 14.2. The fourth-order valence-corrected chi connectivity index (χ4v) is 2.74. The van der Waals surface area contributed by atoms with Crippen LogP contribution in [0.25, 0.3) is 0 Å². The van der Waals surface area contributed by atoms with Crippen molar-refractivity contribution in [3.63, 3.8) is 0 Å². The molecule has 0 saturated carbocycles. The van der Waals surface area contributed by atoms with Crippen LogP contribution in [0.3, 0.4) is 0 Å². The average molecular weight is 404 g/mol. The van der Waals surface area contributed by atoms with Gasteiger partial charge in [0.2, 0.25) is 0 Å². The van der Waals surface area contributed by atoms with Crippen molar-refractivity contribution < 1.29 is 4.74 Å². The molecule has 0 aromatic heterocycles. The zero-order chi connectivity index (χ0) is 22.6. The molecule has 2 aromatic rings. The molecule has 0 aliphatic heterocycles. The Labute approximate surface area is 183 Å². The summed E-state index contributed by atoms with van der Waals surface area (Å²) < 4.78 is 5.70. The van der Waals surface area contributed by atoms with Crippen molar-refractivity contribution in [3.8, 4) is 5.75 Å². The monoisotopic (exact) mass is 403 g/mol. The standard InChI is InChI=1S/C15H18O.C13H19N/c1-4-7-14(8-5-2)16-15-11-9-13(6-3)10-12-15;1-6-14-12-8-7-11(9-10(12)2)13(3,4)5/h4-5,7-12H,1,6H2,2-3H3;6-9,14H,1H2,2-5H3/b8-5-,14-7+;. The molecule has 0 fully saturated rings. The third-order valence-electron chi connectivity index (χ3n) is 4.53. The van der Waals surface area contributed by atoms with Gasteiger partial charge >= 0.3 is 0 Å². The molecule has 1 N–H and O–H groups in total. The number of rotatable bonds is 7. The number of hydrogen-bond acceptors (Lipinski definition) is 2. The fraction of sp³-hybridized carbons (Fsp3) is 0.286. The first kappa shape index (κ1) is 25.0. The summed E-state index contributed by atoms with van der Waals surface area (Å²) in [6.07, 6.45) is 10.2. The fourth-order valence-electron chi connectivity index (χ4n) is 2.74. The highest BCUT2D eigenvalue weighted by atomic mass is 16.5. The Morgan fingerprint density at radius 1 is 1.07 bits per heavy atom. The first-order valence-corrected chi connectivity index (χ1v) is 10.5. The third kappa shape index (κ3) is 8.57.